The van der Waals surface area contributed by atoms with Gasteiger partial charge in [-0.1, -0.05) is 84.6 Å². The van der Waals surface area contributed by atoms with Crippen LogP contribution < -0.4 is 5.32 Å². The first-order chi connectivity index (χ1) is 18.5. The highest BCUT2D eigenvalue weighted by atomic mass is 32.2. The molecule has 0 saturated carbocycles. The van der Waals surface area contributed by atoms with E-state index in [2.05, 4.69) is 5.32 Å². The molecule has 0 aliphatic carbocycles. The van der Waals surface area contributed by atoms with Crippen molar-refractivity contribution in [2.75, 3.05) is 6.61 Å². The Labute approximate surface area is 224 Å². The Balaban J connectivity index is 1.49. The third-order valence-corrected chi connectivity index (χ3v) is 7.10. The fourth-order valence-corrected chi connectivity index (χ4v) is 5.39. The molecular weight excluding hydrogens is 501 g/mol. The number of carbonyl (C=O) groups is 2. The molecule has 0 spiro atoms. The van der Waals surface area contributed by atoms with Gasteiger partial charge in [-0.05, 0) is 35.6 Å². The Bertz CT molecular complexity index is 1420. The van der Waals surface area contributed by atoms with E-state index in [0.717, 1.165) is 22.4 Å². The summed E-state index contributed by atoms with van der Waals surface area (Å²) in [6.07, 6.45) is 0.0906. The number of ether oxygens (including phenoxy) is 1. The Kier molecular flexibility index (Phi) is 7.70. The Morgan fingerprint density at radius 1 is 1.00 bits per heavy atom. The molecule has 192 valence electrons. The summed E-state index contributed by atoms with van der Waals surface area (Å²) in [5, 5.41) is 5.50. The van der Waals surface area contributed by atoms with Crippen LogP contribution in [0.4, 0.5) is 4.39 Å². The average Bonchev–Trinajstić information content (AvgIpc) is 3.35. The topological polar surface area (TPSA) is 71.0 Å². The minimum atomic E-state index is -0.524. The van der Waals surface area contributed by atoms with E-state index in [9.17, 15) is 14.0 Å². The van der Waals surface area contributed by atoms with Crippen LogP contribution in [-0.2, 0) is 20.9 Å². The number of hydrogen-bond donors (Lipinski definition) is 1. The summed E-state index contributed by atoms with van der Waals surface area (Å²) in [6.45, 7) is 2.29. The number of aliphatic imine (C=N–C) groups is 1. The van der Waals surface area contributed by atoms with E-state index in [0.29, 0.717) is 16.4 Å². The summed E-state index contributed by atoms with van der Waals surface area (Å²) in [7, 11) is 0. The van der Waals surface area contributed by atoms with Gasteiger partial charge in [0.2, 0.25) is 5.91 Å². The zero-order valence-electron chi connectivity index (χ0n) is 20.8. The van der Waals surface area contributed by atoms with Gasteiger partial charge in [0.15, 0.2) is 5.17 Å². The minimum absolute atomic E-state index is 0.0906. The van der Waals surface area contributed by atoms with Gasteiger partial charge in [-0.2, -0.15) is 0 Å². The molecule has 0 fully saturated rings. The molecule has 1 N–H and O–H groups in total. The smallest absolute Gasteiger partial charge is 0.338 e. The van der Waals surface area contributed by atoms with Crippen LogP contribution in [0.3, 0.4) is 0 Å². The molecule has 2 aliphatic rings. The Morgan fingerprint density at radius 3 is 2.37 bits per heavy atom. The van der Waals surface area contributed by atoms with Crippen LogP contribution in [0.1, 0.15) is 36.1 Å². The zero-order valence-corrected chi connectivity index (χ0v) is 21.6. The van der Waals surface area contributed by atoms with E-state index in [4.69, 9.17) is 9.73 Å². The molecule has 3 aromatic carbocycles. The summed E-state index contributed by atoms with van der Waals surface area (Å²) < 4.78 is 18.7. The predicted octanol–water partition coefficient (Wildman–Crippen LogP) is 5.81. The number of carbonyl (C=O) groups excluding carboxylic acids is 2. The molecular formula is C30H26FN3O3S. The van der Waals surface area contributed by atoms with E-state index in [1.165, 1.54) is 23.9 Å². The SMILES string of the molecule is CCOC(=O)C1=C(c2ccccc2)N=C2SC=C(CC(=O)NCc3ccc(F)cc3)N2C1c1ccccc1. The zero-order chi connectivity index (χ0) is 26.5. The van der Waals surface area contributed by atoms with Crippen molar-refractivity contribution >= 4 is 34.5 Å². The number of halogens is 1. The number of amides is 1. The van der Waals surface area contributed by atoms with Gasteiger partial charge in [0.25, 0.3) is 0 Å². The molecule has 8 heteroatoms. The summed E-state index contributed by atoms with van der Waals surface area (Å²) in [5.74, 6) is -0.956. The number of nitrogens with zero attached hydrogens (tertiary/aromatic N) is 2. The summed E-state index contributed by atoms with van der Waals surface area (Å²) in [5.41, 5.74) is 4.22. The van der Waals surface area contributed by atoms with Gasteiger partial charge in [-0.15, -0.1) is 0 Å². The molecule has 3 aromatic rings. The molecule has 0 radical (unpaired) electrons. The standard InChI is InChI=1S/C30H26FN3O3S/c1-2-37-29(36)26-27(21-9-5-3-6-10-21)33-30-34(28(26)22-11-7-4-8-12-22)24(19-38-30)17-25(35)32-18-20-13-15-23(31)16-14-20/h3-16,19,28H,2,17-18H2,1H3,(H,32,35). The Hall–Kier alpha value is -4.17. The molecule has 1 unspecified atom stereocenters. The van der Waals surface area contributed by atoms with Crippen LogP contribution in [0.15, 0.2) is 107 Å². The molecule has 6 nitrogen and oxygen atoms in total. The van der Waals surface area contributed by atoms with Crippen molar-refractivity contribution < 1.29 is 18.7 Å². The van der Waals surface area contributed by atoms with E-state index in [-0.39, 0.29) is 31.3 Å². The summed E-state index contributed by atoms with van der Waals surface area (Å²) in [4.78, 5) is 33.3. The van der Waals surface area contributed by atoms with E-state index in [1.807, 2.05) is 71.0 Å². The number of rotatable bonds is 8. The molecule has 0 bridgehead atoms. The number of fused-ring (bicyclic) bond motifs is 1. The highest BCUT2D eigenvalue weighted by Crippen LogP contribution is 2.46. The molecule has 2 heterocycles. The number of esters is 1. The second kappa shape index (κ2) is 11.5. The second-order valence-corrected chi connectivity index (χ2v) is 9.57. The highest BCUT2D eigenvalue weighted by molar-refractivity contribution is 8.16. The molecule has 5 rings (SSSR count). The van der Waals surface area contributed by atoms with Crippen LogP contribution in [0.2, 0.25) is 0 Å². The molecule has 2 aliphatic heterocycles. The van der Waals surface area contributed by atoms with E-state index >= 15 is 0 Å². The van der Waals surface area contributed by atoms with Gasteiger partial charge in [-0.3, -0.25) is 4.79 Å². The third-order valence-electron chi connectivity index (χ3n) is 6.21. The van der Waals surface area contributed by atoms with Gasteiger partial charge in [0, 0.05) is 17.8 Å². The number of thioether (sulfide) groups is 1. The van der Waals surface area contributed by atoms with Crippen molar-refractivity contribution in [3.8, 4) is 0 Å². The quantitative estimate of drug-likeness (QED) is 0.375. The fourth-order valence-electron chi connectivity index (χ4n) is 4.47. The molecule has 38 heavy (non-hydrogen) atoms. The van der Waals surface area contributed by atoms with Crippen LogP contribution in [0, 0.1) is 5.82 Å². The fraction of sp³-hybridized carbons (Fsp3) is 0.167. The van der Waals surface area contributed by atoms with E-state index in [1.54, 1.807) is 19.1 Å². The van der Waals surface area contributed by atoms with Crippen LogP contribution in [0.5, 0.6) is 0 Å². The minimum Gasteiger partial charge on any atom is -0.463 e. The average molecular weight is 528 g/mol. The lowest BCUT2D eigenvalue weighted by Gasteiger charge is -2.36. The maximum atomic E-state index is 13.5. The van der Waals surface area contributed by atoms with Crippen molar-refractivity contribution in [2.45, 2.75) is 25.9 Å². The van der Waals surface area contributed by atoms with Crippen molar-refractivity contribution in [2.24, 2.45) is 4.99 Å². The first kappa shape index (κ1) is 25.5. The normalized spacial score (nSPS) is 16.5. The number of benzene rings is 3. The lowest BCUT2D eigenvalue weighted by Crippen LogP contribution is -2.38. The monoisotopic (exact) mass is 527 g/mol. The predicted molar refractivity (Wildman–Crippen MR) is 147 cm³/mol. The van der Waals surface area contributed by atoms with Crippen LogP contribution in [-0.4, -0.2) is 28.6 Å². The van der Waals surface area contributed by atoms with Gasteiger partial charge < -0.3 is 15.0 Å². The number of hydrogen-bond acceptors (Lipinski definition) is 6. The lowest BCUT2D eigenvalue weighted by atomic mass is 9.91. The highest BCUT2D eigenvalue weighted by Gasteiger charge is 2.42. The van der Waals surface area contributed by atoms with Crippen LogP contribution in [0.25, 0.3) is 5.70 Å². The maximum Gasteiger partial charge on any atom is 0.338 e. The number of amidine groups is 1. The molecule has 0 aromatic heterocycles. The van der Waals surface area contributed by atoms with Gasteiger partial charge >= 0.3 is 5.97 Å². The summed E-state index contributed by atoms with van der Waals surface area (Å²) >= 11 is 1.42. The summed E-state index contributed by atoms with van der Waals surface area (Å²) in [6, 6.07) is 24.8. The first-order valence-electron chi connectivity index (χ1n) is 12.3. The second-order valence-electron chi connectivity index (χ2n) is 8.73. The molecule has 1 atom stereocenters. The Morgan fingerprint density at radius 2 is 1.68 bits per heavy atom. The molecule has 1 amide bonds. The van der Waals surface area contributed by atoms with E-state index < -0.39 is 12.0 Å². The van der Waals surface area contributed by atoms with Crippen molar-refractivity contribution in [1.29, 1.82) is 0 Å². The van der Waals surface area contributed by atoms with Crippen molar-refractivity contribution in [1.82, 2.24) is 10.2 Å². The van der Waals surface area contributed by atoms with Gasteiger partial charge in [0.05, 0.1) is 30.3 Å². The third kappa shape index (κ3) is 5.40. The molecule has 0 saturated heterocycles. The first-order valence-corrected chi connectivity index (χ1v) is 13.2. The largest absolute Gasteiger partial charge is 0.463 e. The van der Waals surface area contributed by atoms with Crippen LogP contribution >= 0.6 is 11.8 Å². The lowest BCUT2D eigenvalue weighted by molar-refractivity contribution is -0.139. The van der Waals surface area contributed by atoms with Gasteiger partial charge in [0.1, 0.15) is 5.82 Å². The number of nitrogens with one attached hydrogen (secondary N) is 1. The van der Waals surface area contributed by atoms with Gasteiger partial charge in [-0.25, -0.2) is 14.2 Å². The maximum absolute atomic E-state index is 13.5. The van der Waals surface area contributed by atoms with Crippen molar-refractivity contribution in [3.05, 3.63) is 124 Å². The van der Waals surface area contributed by atoms with Crippen molar-refractivity contribution in [3.63, 3.8) is 0 Å².